The van der Waals surface area contributed by atoms with Gasteiger partial charge in [0, 0.05) is 17.2 Å². The van der Waals surface area contributed by atoms with Crippen LogP contribution < -0.4 is 19.5 Å². The number of hydrogen-bond donors (Lipinski definition) is 1. The molecule has 9 heteroatoms. The number of benzene rings is 2. The van der Waals surface area contributed by atoms with Crippen LogP contribution in [0.4, 0.5) is 5.69 Å². The maximum absolute atomic E-state index is 12.6. The fourth-order valence-electron chi connectivity index (χ4n) is 2.29. The van der Waals surface area contributed by atoms with Crippen LogP contribution in [0.25, 0.3) is 0 Å². The van der Waals surface area contributed by atoms with Gasteiger partial charge in [0.15, 0.2) is 17.6 Å². The van der Waals surface area contributed by atoms with Crippen LogP contribution in [0.5, 0.6) is 17.2 Å². The van der Waals surface area contributed by atoms with Crippen molar-refractivity contribution in [3.8, 4) is 17.2 Å². The molecule has 0 unspecified atom stereocenters. The first-order chi connectivity index (χ1) is 13.3. The number of rotatable bonds is 7. The van der Waals surface area contributed by atoms with Gasteiger partial charge in [-0.3, -0.25) is 4.79 Å². The SMILES string of the molecule is COc1cc(OC)c(C(=O)O[C@@H](C)C(=O)Nc2cc(Cl)ccc2Cl)cc1OC. The molecule has 28 heavy (non-hydrogen) atoms. The first-order valence-electron chi connectivity index (χ1n) is 8.07. The van der Waals surface area contributed by atoms with Crippen molar-refractivity contribution in [2.75, 3.05) is 26.6 Å². The van der Waals surface area contributed by atoms with Crippen LogP contribution in [0.1, 0.15) is 17.3 Å². The van der Waals surface area contributed by atoms with Crippen LogP contribution in [0.3, 0.4) is 0 Å². The van der Waals surface area contributed by atoms with Crippen molar-refractivity contribution in [1.29, 1.82) is 0 Å². The predicted octanol–water partition coefficient (Wildman–Crippen LogP) is 4.20. The van der Waals surface area contributed by atoms with E-state index in [2.05, 4.69) is 5.32 Å². The highest BCUT2D eigenvalue weighted by molar-refractivity contribution is 6.35. The zero-order valence-corrected chi connectivity index (χ0v) is 17.2. The second-order valence-corrected chi connectivity index (χ2v) is 6.41. The van der Waals surface area contributed by atoms with Gasteiger partial charge < -0.3 is 24.3 Å². The van der Waals surface area contributed by atoms with Crippen molar-refractivity contribution < 1.29 is 28.5 Å². The molecular weight excluding hydrogens is 409 g/mol. The number of hydrogen-bond acceptors (Lipinski definition) is 6. The van der Waals surface area contributed by atoms with E-state index in [-0.39, 0.29) is 11.3 Å². The van der Waals surface area contributed by atoms with E-state index in [1.165, 1.54) is 46.5 Å². The third-order valence-corrected chi connectivity index (χ3v) is 4.33. The molecule has 0 aromatic heterocycles. The normalized spacial score (nSPS) is 11.4. The second-order valence-electron chi connectivity index (χ2n) is 5.57. The van der Waals surface area contributed by atoms with Crippen LogP contribution in [-0.2, 0) is 9.53 Å². The lowest BCUT2D eigenvalue weighted by Gasteiger charge is -2.17. The summed E-state index contributed by atoms with van der Waals surface area (Å²) < 4.78 is 20.8. The molecule has 7 nitrogen and oxygen atoms in total. The van der Waals surface area contributed by atoms with E-state index in [0.29, 0.717) is 27.2 Å². The van der Waals surface area contributed by atoms with Crippen LogP contribution in [0.2, 0.25) is 10.0 Å². The van der Waals surface area contributed by atoms with Crippen LogP contribution >= 0.6 is 23.2 Å². The molecule has 0 aliphatic heterocycles. The highest BCUT2D eigenvalue weighted by Gasteiger charge is 2.24. The zero-order valence-electron chi connectivity index (χ0n) is 15.7. The summed E-state index contributed by atoms with van der Waals surface area (Å²) in [4.78, 5) is 24.9. The van der Waals surface area contributed by atoms with E-state index in [9.17, 15) is 9.59 Å². The standard InChI is InChI=1S/C19H19Cl2NO6/c1-10(18(23)22-14-7-11(20)5-6-13(14)21)28-19(24)12-8-16(26-3)17(27-4)9-15(12)25-2/h5-10H,1-4H3,(H,22,23)/t10-/m0/s1. The predicted molar refractivity (Wildman–Crippen MR) is 106 cm³/mol. The number of carbonyl (C=O) groups excluding carboxylic acids is 2. The minimum atomic E-state index is -1.11. The number of amides is 1. The Hall–Kier alpha value is -2.64. The van der Waals surface area contributed by atoms with Crippen molar-refractivity contribution in [3.63, 3.8) is 0 Å². The maximum Gasteiger partial charge on any atom is 0.342 e. The number of carbonyl (C=O) groups is 2. The molecule has 150 valence electrons. The smallest absolute Gasteiger partial charge is 0.342 e. The summed E-state index contributed by atoms with van der Waals surface area (Å²) in [5, 5.41) is 3.27. The van der Waals surface area contributed by atoms with Crippen molar-refractivity contribution in [2.24, 2.45) is 0 Å². The van der Waals surface area contributed by atoms with Gasteiger partial charge in [0.05, 0.1) is 32.0 Å². The summed E-state index contributed by atoms with van der Waals surface area (Å²) in [7, 11) is 4.29. The zero-order chi connectivity index (χ0) is 20.8. The van der Waals surface area contributed by atoms with Gasteiger partial charge >= 0.3 is 5.97 Å². The van der Waals surface area contributed by atoms with Gasteiger partial charge in [-0.25, -0.2) is 4.79 Å². The molecule has 0 heterocycles. The fourth-order valence-corrected chi connectivity index (χ4v) is 2.63. The Kier molecular flexibility index (Phi) is 7.37. The van der Waals surface area contributed by atoms with Gasteiger partial charge in [-0.05, 0) is 25.1 Å². The second kappa shape index (κ2) is 9.52. The van der Waals surface area contributed by atoms with E-state index >= 15 is 0 Å². The Bertz CT molecular complexity index is 887. The van der Waals surface area contributed by atoms with E-state index in [4.69, 9.17) is 42.1 Å². The van der Waals surface area contributed by atoms with Gasteiger partial charge in [-0.15, -0.1) is 0 Å². The first kappa shape index (κ1) is 21.7. The topological polar surface area (TPSA) is 83.1 Å². The highest BCUT2D eigenvalue weighted by Crippen LogP contribution is 2.35. The lowest BCUT2D eigenvalue weighted by Crippen LogP contribution is -2.30. The van der Waals surface area contributed by atoms with Crippen LogP contribution in [-0.4, -0.2) is 39.3 Å². The number of ether oxygens (including phenoxy) is 4. The molecule has 0 saturated carbocycles. The third-order valence-electron chi connectivity index (χ3n) is 3.76. The van der Waals surface area contributed by atoms with Gasteiger partial charge in [-0.1, -0.05) is 23.2 Å². The molecule has 0 saturated heterocycles. The lowest BCUT2D eigenvalue weighted by molar-refractivity contribution is -0.123. The van der Waals surface area contributed by atoms with Crippen molar-refractivity contribution in [3.05, 3.63) is 45.9 Å². The van der Waals surface area contributed by atoms with E-state index in [0.717, 1.165) is 0 Å². The molecule has 0 fully saturated rings. The summed E-state index contributed by atoms with van der Waals surface area (Å²) in [5.41, 5.74) is 0.395. The van der Waals surface area contributed by atoms with Crippen molar-refractivity contribution >= 4 is 40.8 Å². The molecule has 0 spiro atoms. The minimum Gasteiger partial charge on any atom is -0.496 e. The van der Waals surface area contributed by atoms with Gasteiger partial charge in [-0.2, -0.15) is 0 Å². The number of methoxy groups -OCH3 is 3. The number of halogens is 2. The van der Waals surface area contributed by atoms with Crippen molar-refractivity contribution in [2.45, 2.75) is 13.0 Å². The summed E-state index contributed by atoms with van der Waals surface area (Å²) in [6.07, 6.45) is -1.11. The van der Waals surface area contributed by atoms with E-state index < -0.39 is 18.0 Å². The quantitative estimate of drug-likeness (QED) is 0.666. The number of anilines is 1. The van der Waals surface area contributed by atoms with Crippen LogP contribution in [0, 0.1) is 0 Å². The van der Waals surface area contributed by atoms with Crippen molar-refractivity contribution in [1.82, 2.24) is 0 Å². The van der Waals surface area contributed by atoms with E-state index in [1.807, 2.05) is 0 Å². The Morgan fingerprint density at radius 3 is 2.14 bits per heavy atom. The van der Waals surface area contributed by atoms with Gasteiger partial charge in [0.2, 0.25) is 0 Å². The van der Waals surface area contributed by atoms with Gasteiger partial charge in [0.25, 0.3) is 5.91 Å². The Morgan fingerprint density at radius 2 is 1.54 bits per heavy atom. The molecule has 0 aliphatic carbocycles. The molecule has 2 aromatic rings. The average Bonchev–Trinajstić information content (AvgIpc) is 2.69. The molecule has 1 N–H and O–H groups in total. The minimum absolute atomic E-state index is 0.0839. The molecule has 0 radical (unpaired) electrons. The Morgan fingerprint density at radius 1 is 0.929 bits per heavy atom. The monoisotopic (exact) mass is 427 g/mol. The largest absolute Gasteiger partial charge is 0.496 e. The molecule has 0 bridgehead atoms. The summed E-state index contributed by atoms with van der Waals surface area (Å²) in [5.74, 6) is -0.418. The summed E-state index contributed by atoms with van der Waals surface area (Å²) >= 11 is 11.9. The Labute approximate surface area is 172 Å². The maximum atomic E-state index is 12.6. The third kappa shape index (κ3) is 4.99. The fraction of sp³-hybridized carbons (Fsp3) is 0.263. The molecule has 1 atom stereocenters. The van der Waals surface area contributed by atoms with Crippen LogP contribution in [0.15, 0.2) is 30.3 Å². The molecule has 1 amide bonds. The highest BCUT2D eigenvalue weighted by atomic mass is 35.5. The summed E-state index contributed by atoms with van der Waals surface area (Å²) in [6.45, 7) is 1.43. The van der Waals surface area contributed by atoms with E-state index in [1.54, 1.807) is 12.1 Å². The molecule has 0 aliphatic rings. The number of esters is 1. The molecular formula is C19H19Cl2NO6. The molecule has 2 aromatic carbocycles. The average molecular weight is 428 g/mol. The summed E-state index contributed by atoms with van der Waals surface area (Å²) in [6, 6.07) is 7.54. The Balaban J connectivity index is 2.17. The molecule has 2 rings (SSSR count). The lowest BCUT2D eigenvalue weighted by atomic mass is 10.1. The van der Waals surface area contributed by atoms with Gasteiger partial charge in [0.1, 0.15) is 11.3 Å². The first-order valence-corrected chi connectivity index (χ1v) is 8.83. The number of nitrogens with one attached hydrogen (secondary N) is 1.